The fourth-order valence-electron chi connectivity index (χ4n) is 3.35. The average Bonchev–Trinajstić information content (AvgIpc) is 2.93. The first kappa shape index (κ1) is 15.3. The molecule has 0 atom stereocenters. The Labute approximate surface area is 136 Å². The number of piperidine rings is 1. The summed E-state index contributed by atoms with van der Waals surface area (Å²) < 4.78 is 6.97. The Balaban J connectivity index is 1.57. The molecule has 1 N–H and O–H groups in total. The molecule has 3 nitrogen and oxygen atoms in total. The summed E-state index contributed by atoms with van der Waals surface area (Å²) >= 11 is 3.62. The number of likely N-dealkylation sites (tertiary alicyclic amines) is 1. The lowest BCUT2D eigenvalue weighted by Gasteiger charge is -2.35. The van der Waals surface area contributed by atoms with E-state index in [1.54, 1.807) is 0 Å². The van der Waals surface area contributed by atoms with Crippen LogP contribution in [0.3, 0.4) is 0 Å². The maximum Gasteiger partial charge on any atom is 0.127 e. The second-order valence-electron chi connectivity index (χ2n) is 6.44. The average molecular weight is 353 g/mol. The first-order valence-corrected chi connectivity index (χ1v) is 8.84. The summed E-state index contributed by atoms with van der Waals surface area (Å²) in [4.78, 5) is 2.57. The van der Waals surface area contributed by atoms with Crippen LogP contribution in [0, 0.1) is 0 Å². The summed E-state index contributed by atoms with van der Waals surface area (Å²) in [5.41, 5.74) is 2.64. The summed E-state index contributed by atoms with van der Waals surface area (Å²) in [6.45, 7) is 8.73. The summed E-state index contributed by atoms with van der Waals surface area (Å²) in [6.07, 6.45) is 3.53. The van der Waals surface area contributed by atoms with E-state index in [0.29, 0.717) is 12.1 Å². The highest BCUT2D eigenvalue weighted by Crippen LogP contribution is 2.33. The molecule has 1 aromatic rings. The van der Waals surface area contributed by atoms with Crippen LogP contribution in [0.25, 0.3) is 0 Å². The molecule has 0 radical (unpaired) electrons. The number of benzene rings is 1. The Hall–Kier alpha value is -0.580. The van der Waals surface area contributed by atoms with E-state index in [-0.39, 0.29) is 0 Å². The lowest BCUT2D eigenvalue weighted by molar-refractivity contribution is 0.160. The van der Waals surface area contributed by atoms with Gasteiger partial charge >= 0.3 is 0 Å². The summed E-state index contributed by atoms with van der Waals surface area (Å²) in [5, 5.41) is 3.73. The Morgan fingerprint density at radius 1 is 1.33 bits per heavy atom. The van der Waals surface area contributed by atoms with E-state index in [1.807, 2.05) is 0 Å². The van der Waals surface area contributed by atoms with Crippen LogP contribution >= 0.6 is 15.9 Å². The van der Waals surface area contributed by atoms with E-state index < -0.39 is 0 Å². The number of halogens is 1. The van der Waals surface area contributed by atoms with Gasteiger partial charge in [-0.15, -0.1) is 0 Å². The smallest absolute Gasteiger partial charge is 0.127 e. The van der Waals surface area contributed by atoms with Crippen molar-refractivity contribution in [2.24, 2.45) is 0 Å². The number of nitrogens with one attached hydrogen (secondary N) is 1. The lowest BCUT2D eigenvalue weighted by atomic mass is 10.0. The number of hydrogen-bond acceptors (Lipinski definition) is 3. The Morgan fingerprint density at radius 2 is 2.10 bits per heavy atom. The minimum Gasteiger partial charge on any atom is -0.493 e. The highest BCUT2D eigenvalue weighted by molar-refractivity contribution is 9.10. The molecule has 0 amide bonds. The van der Waals surface area contributed by atoms with Gasteiger partial charge in [0.1, 0.15) is 5.75 Å². The van der Waals surface area contributed by atoms with Gasteiger partial charge < -0.3 is 15.0 Å². The predicted octanol–water partition coefficient (Wildman–Crippen LogP) is 3.35. The van der Waals surface area contributed by atoms with E-state index in [1.165, 1.54) is 37.1 Å². The van der Waals surface area contributed by atoms with Gasteiger partial charge in [-0.1, -0.05) is 15.9 Å². The highest BCUT2D eigenvalue weighted by Gasteiger charge is 2.22. The molecule has 3 rings (SSSR count). The molecule has 2 aliphatic rings. The van der Waals surface area contributed by atoms with Crippen molar-refractivity contribution in [3.05, 3.63) is 27.7 Å². The van der Waals surface area contributed by atoms with Gasteiger partial charge in [0, 0.05) is 35.1 Å². The minimum absolute atomic E-state index is 0.635. The molecule has 0 saturated carbocycles. The van der Waals surface area contributed by atoms with Crippen LogP contribution in [0.15, 0.2) is 16.6 Å². The fourth-order valence-corrected chi connectivity index (χ4v) is 3.90. The van der Waals surface area contributed by atoms with Crippen LogP contribution < -0.4 is 10.1 Å². The standard InChI is InChI=1S/C17H25BrN2O/c1-12(2)20-6-3-16(4-7-20)19-11-14-10-15(18)9-13-5-8-21-17(13)14/h9-10,12,16,19H,3-8,11H2,1-2H3. The Morgan fingerprint density at radius 3 is 2.81 bits per heavy atom. The highest BCUT2D eigenvalue weighted by atomic mass is 79.9. The van der Waals surface area contributed by atoms with Crippen molar-refractivity contribution in [3.8, 4) is 5.75 Å². The number of nitrogens with zero attached hydrogens (tertiary/aromatic N) is 1. The van der Waals surface area contributed by atoms with Crippen molar-refractivity contribution >= 4 is 15.9 Å². The minimum atomic E-state index is 0.635. The molecule has 0 spiro atoms. The molecule has 21 heavy (non-hydrogen) atoms. The monoisotopic (exact) mass is 352 g/mol. The Bertz CT molecular complexity index is 496. The van der Waals surface area contributed by atoms with Crippen molar-refractivity contribution in [2.45, 2.75) is 51.7 Å². The number of rotatable bonds is 4. The normalized spacial score (nSPS) is 19.8. The maximum absolute atomic E-state index is 5.80. The van der Waals surface area contributed by atoms with Gasteiger partial charge in [0.25, 0.3) is 0 Å². The molecular formula is C17H25BrN2O. The molecule has 0 aliphatic carbocycles. The third kappa shape index (κ3) is 3.61. The topological polar surface area (TPSA) is 24.5 Å². The van der Waals surface area contributed by atoms with Crippen molar-refractivity contribution in [1.29, 1.82) is 0 Å². The van der Waals surface area contributed by atoms with E-state index in [4.69, 9.17) is 4.74 Å². The zero-order valence-electron chi connectivity index (χ0n) is 13.0. The zero-order chi connectivity index (χ0) is 14.8. The maximum atomic E-state index is 5.80. The summed E-state index contributed by atoms with van der Waals surface area (Å²) in [7, 11) is 0. The van der Waals surface area contributed by atoms with Crippen LogP contribution in [0.2, 0.25) is 0 Å². The third-order valence-electron chi connectivity index (χ3n) is 4.67. The van der Waals surface area contributed by atoms with Crippen molar-refractivity contribution in [2.75, 3.05) is 19.7 Å². The quantitative estimate of drug-likeness (QED) is 0.899. The number of ether oxygens (including phenoxy) is 1. The van der Waals surface area contributed by atoms with Crippen LogP contribution in [0.5, 0.6) is 5.75 Å². The first-order chi connectivity index (χ1) is 10.1. The largest absolute Gasteiger partial charge is 0.493 e. The molecule has 1 fully saturated rings. The molecule has 4 heteroatoms. The molecular weight excluding hydrogens is 328 g/mol. The molecule has 1 aromatic carbocycles. The second kappa shape index (κ2) is 6.67. The van der Waals surface area contributed by atoms with Crippen LogP contribution in [0.4, 0.5) is 0 Å². The lowest BCUT2D eigenvalue weighted by Crippen LogP contribution is -2.44. The molecule has 116 valence electrons. The van der Waals surface area contributed by atoms with Gasteiger partial charge in [0.05, 0.1) is 6.61 Å². The van der Waals surface area contributed by atoms with Crippen LogP contribution in [-0.4, -0.2) is 36.7 Å². The number of fused-ring (bicyclic) bond motifs is 1. The van der Waals surface area contributed by atoms with E-state index in [9.17, 15) is 0 Å². The van der Waals surface area contributed by atoms with Crippen molar-refractivity contribution in [3.63, 3.8) is 0 Å². The van der Waals surface area contributed by atoms with Gasteiger partial charge in [-0.05, 0) is 57.5 Å². The molecule has 2 aliphatic heterocycles. The van der Waals surface area contributed by atoms with E-state index in [2.05, 4.69) is 52.1 Å². The van der Waals surface area contributed by atoms with Gasteiger partial charge in [0.15, 0.2) is 0 Å². The molecule has 0 bridgehead atoms. The van der Waals surface area contributed by atoms with Crippen LogP contribution in [-0.2, 0) is 13.0 Å². The first-order valence-electron chi connectivity index (χ1n) is 8.05. The second-order valence-corrected chi connectivity index (χ2v) is 7.35. The molecule has 2 heterocycles. The predicted molar refractivity (Wildman–Crippen MR) is 89.9 cm³/mol. The van der Waals surface area contributed by atoms with Gasteiger partial charge in [-0.2, -0.15) is 0 Å². The number of hydrogen-bond donors (Lipinski definition) is 1. The van der Waals surface area contributed by atoms with Gasteiger partial charge in [0.2, 0.25) is 0 Å². The fraction of sp³-hybridized carbons (Fsp3) is 0.647. The third-order valence-corrected chi connectivity index (χ3v) is 5.12. The molecule has 1 saturated heterocycles. The van der Waals surface area contributed by atoms with Crippen LogP contribution in [0.1, 0.15) is 37.8 Å². The van der Waals surface area contributed by atoms with Gasteiger partial charge in [-0.25, -0.2) is 0 Å². The van der Waals surface area contributed by atoms with Crippen molar-refractivity contribution in [1.82, 2.24) is 10.2 Å². The SMILES string of the molecule is CC(C)N1CCC(NCc2cc(Br)cc3c2OCC3)CC1. The van der Waals surface area contributed by atoms with Crippen molar-refractivity contribution < 1.29 is 4.74 Å². The van der Waals surface area contributed by atoms with Gasteiger partial charge in [-0.3, -0.25) is 0 Å². The van der Waals surface area contributed by atoms with E-state index >= 15 is 0 Å². The summed E-state index contributed by atoms with van der Waals surface area (Å²) in [5.74, 6) is 1.12. The Kier molecular flexibility index (Phi) is 4.87. The van der Waals surface area contributed by atoms with E-state index in [0.717, 1.165) is 29.8 Å². The molecule has 0 aromatic heterocycles. The zero-order valence-corrected chi connectivity index (χ0v) is 14.6. The molecule has 0 unspecified atom stereocenters. The summed E-state index contributed by atoms with van der Waals surface area (Å²) in [6, 6.07) is 5.69.